The van der Waals surface area contributed by atoms with Crippen LogP contribution in [-0.2, 0) is 26.2 Å². The summed E-state index contributed by atoms with van der Waals surface area (Å²) in [7, 11) is -4.17. The molecule has 2 amide bonds. The lowest BCUT2D eigenvalue weighted by molar-refractivity contribution is -0.139. The zero-order chi connectivity index (χ0) is 29.6. The van der Waals surface area contributed by atoms with Crippen LogP contribution in [0, 0.1) is 12.8 Å². The zero-order valence-corrected chi connectivity index (χ0v) is 24.7. The smallest absolute Gasteiger partial charge is 0.264 e. The van der Waals surface area contributed by atoms with E-state index in [1.54, 1.807) is 43.3 Å². The summed E-state index contributed by atoms with van der Waals surface area (Å²) in [4.78, 5) is 28.6. The highest BCUT2D eigenvalue weighted by Gasteiger charge is 2.33. The number of amides is 2. The van der Waals surface area contributed by atoms with E-state index in [4.69, 9.17) is 9.47 Å². The Morgan fingerprint density at radius 3 is 2.22 bits per heavy atom. The average Bonchev–Trinajstić information content (AvgIpc) is 2.98. The molecule has 1 heterocycles. The second-order valence-corrected chi connectivity index (χ2v) is 12.3. The van der Waals surface area contributed by atoms with Gasteiger partial charge in [0.2, 0.25) is 11.8 Å². The molecule has 218 valence electrons. The van der Waals surface area contributed by atoms with Gasteiger partial charge >= 0.3 is 0 Å². The molecular formula is C31H37N3O6S. The lowest BCUT2D eigenvalue weighted by Gasteiger charge is -2.32. The number of ether oxygens (including phenoxy) is 2. The Morgan fingerprint density at radius 1 is 0.902 bits per heavy atom. The van der Waals surface area contributed by atoms with Crippen LogP contribution in [-0.4, -0.2) is 57.5 Å². The van der Waals surface area contributed by atoms with Crippen LogP contribution in [0.4, 0.5) is 5.69 Å². The third-order valence-electron chi connectivity index (χ3n) is 6.75. The van der Waals surface area contributed by atoms with Crippen molar-refractivity contribution in [3.05, 3.63) is 83.9 Å². The van der Waals surface area contributed by atoms with Gasteiger partial charge in [-0.1, -0.05) is 61.9 Å². The first-order valence-corrected chi connectivity index (χ1v) is 15.1. The van der Waals surface area contributed by atoms with Crippen LogP contribution in [0.3, 0.4) is 0 Å². The van der Waals surface area contributed by atoms with Gasteiger partial charge in [-0.3, -0.25) is 13.9 Å². The van der Waals surface area contributed by atoms with Crippen LogP contribution >= 0.6 is 0 Å². The summed E-state index contributed by atoms with van der Waals surface area (Å²) in [6.45, 7) is 8.38. The molecular weight excluding hydrogens is 542 g/mol. The molecule has 0 saturated carbocycles. The molecule has 3 aromatic rings. The number of sulfonamides is 1. The summed E-state index contributed by atoms with van der Waals surface area (Å²) in [5, 5.41) is 2.89. The van der Waals surface area contributed by atoms with E-state index in [1.807, 2.05) is 45.0 Å². The Morgan fingerprint density at radius 2 is 1.56 bits per heavy atom. The summed E-state index contributed by atoms with van der Waals surface area (Å²) >= 11 is 0. The molecule has 1 aliphatic rings. The number of carbonyl (C=O) groups is 2. The molecule has 41 heavy (non-hydrogen) atoms. The molecule has 0 bridgehead atoms. The van der Waals surface area contributed by atoms with Gasteiger partial charge in [-0.25, -0.2) is 8.42 Å². The van der Waals surface area contributed by atoms with Crippen molar-refractivity contribution in [2.75, 3.05) is 30.6 Å². The maximum atomic E-state index is 14.0. The van der Waals surface area contributed by atoms with E-state index < -0.39 is 28.5 Å². The molecule has 1 atom stereocenters. The topological polar surface area (TPSA) is 105 Å². The van der Waals surface area contributed by atoms with Crippen molar-refractivity contribution in [3.63, 3.8) is 0 Å². The first-order chi connectivity index (χ1) is 19.6. The average molecular weight is 580 g/mol. The summed E-state index contributed by atoms with van der Waals surface area (Å²) in [5.74, 6) is 0.296. The van der Waals surface area contributed by atoms with Crippen LogP contribution in [0.1, 0.15) is 31.9 Å². The molecule has 0 fully saturated rings. The van der Waals surface area contributed by atoms with Crippen LogP contribution in [0.25, 0.3) is 0 Å². The first kappa shape index (κ1) is 29.9. The van der Waals surface area contributed by atoms with Crippen LogP contribution < -0.4 is 19.1 Å². The Kier molecular flexibility index (Phi) is 9.54. The van der Waals surface area contributed by atoms with E-state index in [9.17, 15) is 18.0 Å². The maximum absolute atomic E-state index is 14.0. The second-order valence-electron chi connectivity index (χ2n) is 10.5. The Bertz CT molecular complexity index is 1460. The monoisotopic (exact) mass is 579 g/mol. The van der Waals surface area contributed by atoms with Crippen molar-refractivity contribution in [2.24, 2.45) is 5.92 Å². The predicted molar refractivity (Wildman–Crippen MR) is 157 cm³/mol. The quantitative estimate of drug-likeness (QED) is 0.366. The molecule has 0 saturated heterocycles. The predicted octanol–water partition coefficient (Wildman–Crippen LogP) is 4.15. The summed E-state index contributed by atoms with van der Waals surface area (Å²) in [5.41, 5.74) is 2.14. The number of anilines is 1. The van der Waals surface area contributed by atoms with Crippen molar-refractivity contribution in [1.29, 1.82) is 0 Å². The molecule has 1 N–H and O–H groups in total. The number of carbonyl (C=O) groups excluding carboxylic acids is 2. The zero-order valence-electron chi connectivity index (χ0n) is 23.9. The highest BCUT2D eigenvalue weighted by atomic mass is 32.2. The summed E-state index contributed by atoms with van der Waals surface area (Å²) in [6, 6.07) is 19.5. The minimum Gasteiger partial charge on any atom is -0.486 e. The van der Waals surface area contributed by atoms with Gasteiger partial charge in [0, 0.05) is 19.2 Å². The second kappa shape index (κ2) is 13.1. The largest absolute Gasteiger partial charge is 0.486 e. The molecule has 0 radical (unpaired) electrons. The van der Waals surface area contributed by atoms with Crippen LogP contribution in [0.15, 0.2) is 77.7 Å². The number of rotatable bonds is 11. The number of fused-ring (bicyclic) bond motifs is 1. The molecule has 0 unspecified atom stereocenters. The third kappa shape index (κ3) is 7.38. The van der Waals surface area contributed by atoms with E-state index in [0.717, 1.165) is 15.4 Å². The van der Waals surface area contributed by atoms with Gasteiger partial charge in [0.05, 0.1) is 10.6 Å². The van der Waals surface area contributed by atoms with Gasteiger partial charge in [-0.05, 0) is 49.6 Å². The maximum Gasteiger partial charge on any atom is 0.264 e. The molecule has 10 heteroatoms. The van der Waals surface area contributed by atoms with Crippen molar-refractivity contribution < 1.29 is 27.5 Å². The summed E-state index contributed by atoms with van der Waals surface area (Å²) in [6.07, 6.45) is 0. The van der Waals surface area contributed by atoms with Gasteiger partial charge in [0.25, 0.3) is 10.0 Å². The Balaban J connectivity index is 1.71. The van der Waals surface area contributed by atoms with Gasteiger partial charge in [-0.2, -0.15) is 0 Å². The molecule has 0 spiro atoms. The third-order valence-corrected chi connectivity index (χ3v) is 8.54. The molecule has 0 aliphatic carbocycles. The molecule has 4 rings (SSSR count). The molecule has 0 aromatic heterocycles. The standard InChI is InChI=1S/C31H37N3O6S/c1-22(2)19-32-31(36)24(4)33(20-25-12-10-23(3)11-13-25)30(35)21-34(41(37,38)27-8-6-5-7-9-27)26-14-15-28-29(18-26)40-17-16-39-28/h5-15,18,22,24H,16-17,19-21H2,1-4H3,(H,32,36)/t24-/m0/s1. The highest BCUT2D eigenvalue weighted by Crippen LogP contribution is 2.36. The van der Waals surface area contributed by atoms with Gasteiger partial charge in [-0.15, -0.1) is 0 Å². The highest BCUT2D eigenvalue weighted by molar-refractivity contribution is 7.92. The number of nitrogens with zero attached hydrogens (tertiary/aromatic N) is 2. The Hall–Kier alpha value is -4.05. The first-order valence-electron chi connectivity index (χ1n) is 13.7. The van der Waals surface area contributed by atoms with Crippen LogP contribution in [0.5, 0.6) is 11.5 Å². The van der Waals surface area contributed by atoms with E-state index in [-0.39, 0.29) is 29.0 Å². The fourth-order valence-corrected chi connectivity index (χ4v) is 5.79. The number of hydrogen-bond acceptors (Lipinski definition) is 6. The van der Waals surface area contributed by atoms with Crippen molar-refractivity contribution in [3.8, 4) is 11.5 Å². The fraction of sp³-hybridized carbons (Fsp3) is 0.355. The van der Waals surface area contributed by atoms with E-state index in [1.165, 1.54) is 17.0 Å². The number of nitrogens with one attached hydrogen (secondary N) is 1. The minimum absolute atomic E-state index is 0.0375. The van der Waals surface area contributed by atoms with E-state index in [2.05, 4.69) is 5.32 Å². The molecule has 1 aliphatic heterocycles. The minimum atomic E-state index is -4.17. The fourth-order valence-electron chi connectivity index (χ4n) is 4.36. The Labute approximate surface area is 242 Å². The van der Waals surface area contributed by atoms with Crippen molar-refractivity contribution in [2.45, 2.75) is 45.2 Å². The number of aryl methyl sites for hydroxylation is 1. The van der Waals surface area contributed by atoms with Crippen LogP contribution in [0.2, 0.25) is 0 Å². The molecule has 3 aromatic carbocycles. The summed E-state index contributed by atoms with van der Waals surface area (Å²) < 4.78 is 40.2. The normalized spacial score (nSPS) is 13.4. The lowest BCUT2D eigenvalue weighted by atomic mass is 10.1. The van der Waals surface area contributed by atoms with Gasteiger partial charge in [0.15, 0.2) is 11.5 Å². The van der Waals surface area contributed by atoms with Gasteiger partial charge in [0.1, 0.15) is 25.8 Å². The number of hydrogen-bond donors (Lipinski definition) is 1. The SMILES string of the molecule is Cc1ccc(CN(C(=O)CN(c2ccc3c(c2)OCCO3)S(=O)(=O)c2ccccc2)[C@@H](C)C(=O)NCC(C)C)cc1. The van der Waals surface area contributed by atoms with Gasteiger partial charge < -0.3 is 19.7 Å². The molecule has 9 nitrogen and oxygen atoms in total. The van der Waals surface area contributed by atoms with E-state index >= 15 is 0 Å². The lowest BCUT2D eigenvalue weighted by Crippen LogP contribution is -2.51. The van der Waals surface area contributed by atoms with Crippen molar-refractivity contribution >= 4 is 27.5 Å². The van der Waals surface area contributed by atoms with E-state index in [0.29, 0.717) is 31.3 Å². The van der Waals surface area contributed by atoms with Crippen molar-refractivity contribution in [1.82, 2.24) is 10.2 Å². The number of benzene rings is 3.